The molecule has 0 aliphatic carbocycles. The number of para-hydroxylation sites is 2. The van der Waals surface area contributed by atoms with Gasteiger partial charge in [0.1, 0.15) is 22.3 Å². The van der Waals surface area contributed by atoms with Crippen molar-refractivity contribution in [1.29, 1.82) is 0 Å². The monoisotopic (exact) mass is 654 g/mol. The molecule has 0 N–H and O–H groups in total. The summed E-state index contributed by atoms with van der Waals surface area (Å²) >= 11 is 0. The first kappa shape index (κ1) is 27.9. The van der Waals surface area contributed by atoms with Crippen molar-refractivity contribution in [2.24, 2.45) is 0 Å². The molecule has 6 nitrogen and oxygen atoms in total. The number of aromatic nitrogens is 4. The first-order valence-corrected chi connectivity index (χ1v) is 16.9. The van der Waals surface area contributed by atoms with Crippen molar-refractivity contribution < 1.29 is 8.83 Å². The van der Waals surface area contributed by atoms with E-state index in [1.54, 1.807) is 0 Å². The van der Waals surface area contributed by atoms with Crippen LogP contribution in [0.15, 0.2) is 167 Å². The van der Waals surface area contributed by atoms with Gasteiger partial charge in [-0.25, -0.2) is 15.0 Å². The molecule has 0 amide bonds. The molecule has 0 bridgehead atoms. The fraction of sp³-hybridized carbons (Fsp3) is 0. The maximum absolute atomic E-state index is 6.71. The zero-order valence-corrected chi connectivity index (χ0v) is 27.1. The Kier molecular flexibility index (Phi) is 5.86. The van der Waals surface area contributed by atoms with Crippen molar-refractivity contribution in [3.05, 3.63) is 158 Å². The van der Waals surface area contributed by atoms with Crippen molar-refractivity contribution >= 4 is 65.7 Å². The number of nitrogens with zero attached hydrogens (tertiary/aromatic N) is 4. The molecule has 0 aliphatic heterocycles. The Balaban J connectivity index is 1.07. The number of hydrogen-bond acceptors (Lipinski definition) is 5. The van der Waals surface area contributed by atoms with Crippen molar-refractivity contribution in [2.75, 3.05) is 0 Å². The van der Waals surface area contributed by atoms with Gasteiger partial charge in [-0.05, 0) is 48.5 Å². The SMILES string of the molecule is c1ccc(-c2nc(-c3ccccc3)nc(-c3ccc4c(c3)oc3c4ccc4oc5cc(-n6c7ccccc7c7ccccc76)ccc5c43)n2)cc1. The summed E-state index contributed by atoms with van der Waals surface area (Å²) in [6, 6.07) is 53.9. The van der Waals surface area contributed by atoms with Gasteiger partial charge in [0.15, 0.2) is 17.5 Å². The molecule has 4 aromatic heterocycles. The second kappa shape index (κ2) is 10.7. The van der Waals surface area contributed by atoms with Gasteiger partial charge in [-0.15, -0.1) is 0 Å². The van der Waals surface area contributed by atoms with Gasteiger partial charge in [-0.3, -0.25) is 0 Å². The summed E-state index contributed by atoms with van der Waals surface area (Å²) in [5.41, 5.74) is 9.23. The Morgan fingerprint density at radius 3 is 1.59 bits per heavy atom. The third kappa shape index (κ3) is 4.26. The van der Waals surface area contributed by atoms with Gasteiger partial charge in [0.05, 0.1) is 16.4 Å². The lowest BCUT2D eigenvalue weighted by molar-refractivity contribution is 0.662. The molecule has 0 radical (unpaired) electrons. The van der Waals surface area contributed by atoms with Gasteiger partial charge in [0, 0.05) is 55.4 Å². The molecule has 0 unspecified atom stereocenters. The maximum atomic E-state index is 6.71. The van der Waals surface area contributed by atoms with Gasteiger partial charge >= 0.3 is 0 Å². The largest absolute Gasteiger partial charge is 0.456 e. The second-order valence-electron chi connectivity index (χ2n) is 12.8. The minimum Gasteiger partial charge on any atom is -0.456 e. The van der Waals surface area contributed by atoms with Gasteiger partial charge in [-0.1, -0.05) is 103 Å². The molecule has 0 spiro atoms. The molecule has 0 saturated heterocycles. The molecule has 11 rings (SSSR count). The predicted molar refractivity (Wildman–Crippen MR) is 205 cm³/mol. The Hall–Kier alpha value is -7.05. The highest BCUT2D eigenvalue weighted by molar-refractivity contribution is 6.22. The number of fused-ring (bicyclic) bond motifs is 10. The standard InChI is InChI=1S/C45H26N4O2/c1-3-11-27(12-4-1)43-46-44(28-13-5-2-6-14-28)48-45(47-43)29-19-21-33-34-23-24-38-41(42(34)51-39(33)25-29)35-22-20-30(26-40(35)50-38)49-36-17-9-7-15-31(36)32-16-8-10-18-37(32)49/h1-26H. The van der Waals surface area contributed by atoms with Crippen LogP contribution in [0.25, 0.3) is 106 Å². The van der Waals surface area contributed by atoms with Crippen LogP contribution in [0.3, 0.4) is 0 Å². The van der Waals surface area contributed by atoms with E-state index in [1.807, 2.05) is 72.8 Å². The number of hydrogen-bond donors (Lipinski definition) is 0. The zero-order valence-electron chi connectivity index (χ0n) is 27.1. The Bertz CT molecular complexity index is 3030. The molecule has 7 aromatic carbocycles. The third-order valence-electron chi connectivity index (χ3n) is 9.85. The van der Waals surface area contributed by atoms with Crippen LogP contribution in [0.2, 0.25) is 0 Å². The lowest BCUT2D eigenvalue weighted by Crippen LogP contribution is -2.00. The molecule has 238 valence electrons. The predicted octanol–water partition coefficient (Wildman–Crippen LogP) is 11.8. The van der Waals surface area contributed by atoms with Crippen molar-refractivity contribution in [1.82, 2.24) is 19.5 Å². The molecule has 6 heteroatoms. The van der Waals surface area contributed by atoms with E-state index in [-0.39, 0.29) is 0 Å². The van der Waals surface area contributed by atoms with Crippen molar-refractivity contribution in [2.45, 2.75) is 0 Å². The minimum absolute atomic E-state index is 0.585. The first-order valence-electron chi connectivity index (χ1n) is 16.9. The summed E-state index contributed by atoms with van der Waals surface area (Å²) < 4.78 is 15.5. The van der Waals surface area contributed by atoms with Gasteiger partial charge < -0.3 is 13.4 Å². The summed E-state index contributed by atoms with van der Waals surface area (Å²) in [5, 5.41) is 6.48. The smallest absolute Gasteiger partial charge is 0.164 e. The zero-order chi connectivity index (χ0) is 33.5. The van der Waals surface area contributed by atoms with Gasteiger partial charge in [-0.2, -0.15) is 0 Å². The fourth-order valence-electron chi connectivity index (χ4n) is 7.50. The van der Waals surface area contributed by atoms with E-state index < -0.39 is 0 Å². The van der Waals surface area contributed by atoms with Crippen LogP contribution in [0, 0.1) is 0 Å². The minimum atomic E-state index is 0.585. The molecule has 0 saturated carbocycles. The first-order chi connectivity index (χ1) is 25.3. The maximum Gasteiger partial charge on any atom is 0.164 e. The summed E-state index contributed by atoms with van der Waals surface area (Å²) in [5.74, 6) is 1.83. The van der Waals surface area contributed by atoms with Crippen molar-refractivity contribution in [3.8, 4) is 39.9 Å². The lowest BCUT2D eigenvalue weighted by atomic mass is 10.1. The third-order valence-corrected chi connectivity index (χ3v) is 9.85. The molecule has 51 heavy (non-hydrogen) atoms. The highest BCUT2D eigenvalue weighted by Crippen LogP contribution is 2.41. The van der Waals surface area contributed by atoms with E-state index in [2.05, 4.69) is 89.5 Å². The molecule has 0 aliphatic rings. The summed E-state index contributed by atoms with van der Waals surface area (Å²) in [7, 11) is 0. The van der Waals surface area contributed by atoms with Crippen LogP contribution in [-0.4, -0.2) is 19.5 Å². The molecule has 0 fully saturated rings. The van der Waals surface area contributed by atoms with Gasteiger partial charge in [0.25, 0.3) is 0 Å². The molecule has 4 heterocycles. The molecule has 11 aromatic rings. The molecular weight excluding hydrogens is 629 g/mol. The highest BCUT2D eigenvalue weighted by Gasteiger charge is 2.19. The van der Waals surface area contributed by atoms with Crippen LogP contribution in [0.1, 0.15) is 0 Å². The van der Waals surface area contributed by atoms with E-state index in [4.69, 9.17) is 23.8 Å². The average Bonchev–Trinajstić information content (AvgIpc) is 3.87. The van der Waals surface area contributed by atoms with Crippen LogP contribution in [0.5, 0.6) is 0 Å². The van der Waals surface area contributed by atoms with E-state index in [1.165, 1.54) is 10.8 Å². The van der Waals surface area contributed by atoms with E-state index in [9.17, 15) is 0 Å². The number of rotatable bonds is 4. The fourth-order valence-corrected chi connectivity index (χ4v) is 7.50. The normalized spacial score (nSPS) is 11.9. The molecule has 0 atom stereocenters. The topological polar surface area (TPSA) is 69.9 Å². The Labute approximate surface area is 290 Å². The van der Waals surface area contributed by atoms with E-state index in [0.717, 1.165) is 77.3 Å². The Morgan fingerprint density at radius 2 is 0.922 bits per heavy atom. The van der Waals surface area contributed by atoms with Crippen LogP contribution in [-0.2, 0) is 0 Å². The summed E-state index contributed by atoms with van der Waals surface area (Å²) in [6.45, 7) is 0. The Morgan fingerprint density at radius 1 is 0.373 bits per heavy atom. The van der Waals surface area contributed by atoms with Crippen LogP contribution >= 0.6 is 0 Å². The average molecular weight is 655 g/mol. The highest BCUT2D eigenvalue weighted by atomic mass is 16.3. The van der Waals surface area contributed by atoms with Gasteiger partial charge in [0.2, 0.25) is 0 Å². The van der Waals surface area contributed by atoms with Crippen molar-refractivity contribution in [3.63, 3.8) is 0 Å². The van der Waals surface area contributed by atoms with Crippen LogP contribution < -0.4 is 0 Å². The lowest BCUT2D eigenvalue weighted by Gasteiger charge is -2.08. The number of benzene rings is 7. The van der Waals surface area contributed by atoms with Crippen LogP contribution in [0.4, 0.5) is 0 Å². The van der Waals surface area contributed by atoms with E-state index >= 15 is 0 Å². The number of furan rings is 2. The van der Waals surface area contributed by atoms with E-state index in [0.29, 0.717) is 17.5 Å². The summed E-state index contributed by atoms with van der Waals surface area (Å²) in [6.07, 6.45) is 0. The summed E-state index contributed by atoms with van der Waals surface area (Å²) in [4.78, 5) is 14.7. The second-order valence-corrected chi connectivity index (χ2v) is 12.8. The quantitative estimate of drug-likeness (QED) is 0.189. The molecular formula is C45H26N4O2.